The van der Waals surface area contributed by atoms with Crippen molar-refractivity contribution in [1.29, 1.82) is 0 Å². The van der Waals surface area contributed by atoms with E-state index in [-0.39, 0.29) is 27.9 Å². The van der Waals surface area contributed by atoms with Crippen LogP contribution in [0.2, 0.25) is 0 Å². The van der Waals surface area contributed by atoms with Gasteiger partial charge in [0.05, 0.1) is 5.75 Å². The number of carboxylic acid groups (broad SMARTS) is 1. The first kappa shape index (κ1) is 15.6. The molecule has 2 rings (SSSR count). The predicted molar refractivity (Wildman–Crippen MR) is 77.7 cm³/mol. The van der Waals surface area contributed by atoms with Crippen molar-refractivity contribution in [3.8, 4) is 0 Å². The molecule has 0 spiro atoms. The Morgan fingerprint density at radius 3 is 2.67 bits per heavy atom. The SMILES string of the molecule is CCN(C(=O)CSc1nc(=O)[nH]c(C)c1C(=O)O)C1CC1. The zero-order valence-electron chi connectivity index (χ0n) is 11.9. The third-order valence-corrected chi connectivity index (χ3v) is 4.24. The lowest BCUT2D eigenvalue weighted by Gasteiger charge is -2.20. The molecule has 114 valence electrons. The quantitative estimate of drug-likeness (QED) is 0.597. The van der Waals surface area contributed by atoms with Crippen LogP contribution in [0.15, 0.2) is 9.82 Å². The van der Waals surface area contributed by atoms with Gasteiger partial charge in [-0.3, -0.25) is 4.79 Å². The Morgan fingerprint density at radius 2 is 2.14 bits per heavy atom. The van der Waals surface area contributed by atoms with Crippen LogP contribution in [0, 0.1) is 6.92 Å². The first-order valence-corrected chi connectivity index (χ1v) is 7.69. The average molecular weight is 311 g/mol. The highest BCUT2D eigenvalue weighted by Gasteiger charge is 2.31. The van der Waals surface area contributed by atoms with Gasteiger partial charge in [0.1, 0.15) is 10.6 Å². The summed E-state index contributed by atoms with van der Waals surface area (Å²) in [6.45, 7) is 4.05. The number of H-pyrrole nitrogens is 1. The van der Waals surface area contributed by atoms with E-state index in [1.54, 1.807) is 4.90 Å². The number of carbonyl (C=O) groups excluding carboxylic acids is 1. The van der Waals surface area contributed by atoms with Gasteiger partial charge in [-0.2, -0.15) is 4.98 Å². The number of aromatic carboxylic acids is 1. The molecular formula is C13H17N3O4S. The number of thioether (sulfide) groups is 1. The lowest BCUT2D eigenvalue weighted by molar-refractivity contribution is -0.128. The van der Waals surface area contributed by atoms with Gasteiger partial charge in [-0.15, -0.1) is 0 Å². The molecule has 8 heteroatoms. The van der Waals surface area contributed by atoms with Gasteiger partial charge in [0.25, 0.3) is 0 Å². The van der Waals surface area contributed by atoms with Gasteiger partial charge in [0.2, 0.25) is 5.91 Å². The smallest absolute Gasteiger partial charge is 0.346 e. The second kappa shape index (κ2) is 6.30. The Balaban J connectivity index is 2.14. The monoisotopic (exact) mass is 311 g/mol. The Kier molecular flexibility index (Phi) is 4.66. The van der Waals surface area contributed by atoms with E-state index in [9.17, 15) is 19.5 Å². The third-order valence-electron chi connectivity index (χ3n) is 3.28. The van der Waals surface area contributed by atoms with Crippen LogP contribution < -0.4 is 5.69 Å². The minimum Gasteiger partial charge on any atom is -0.478 e. The van der Waals surface area contributed by atoms with E-state index in [1.165, 1.54) is 6.92 Å². The molecular weight excluding hydrogens is 294 g/mol. The van der Waals surface area contributed by atoms with Crippen LogP contribution in [0.4, 0.5) is 0 Å². The Morgan fingerprint density at radius 1 is 1.48 bits per heavy atom. The molecule has 0 saturated heterocycles. The van der Waals surface area contributed by atoms with Gasteiger partial charge < -0.3 is 15.0 Å². The molecule has 2 N–H and O–H groups in total. The van der Waals surface area contributed by atoms with Crippen molar-refractivity contribution < 1.29 is 14.7 Å². The number of hydrogen-bond acceptors (Lipinski definition) is 5. The average Bonchev–Trinajstić information content (AvgIpc) is 3.20. The van der Waals surface area contributed by atoms with Gasteiger partial charge >= 0.3 is 11.7 Å². The topological polar surface area (TPSA) is 103 Å². The molecule has 1 aromatic rings. The van der Waals surface area contributed by atoms with Crippen LogP contribution in [0.1, 0.15) is 35.8 Å². The van der Waals surface area contributed by atoms with Crippen LogP contribution in [-0.2, 0) is 4.79 Å². The van der Waals surface area contributed by atoms with Crippen LogP contribution >= 0.6 is 11.8 Å². The Bertz CT molecular complexity index is 624. The fourth-order valence-electron chi connectivity index (χ4n) is 2.15. The number of aryl methyl sites for hydroxylation is 1. The van der Waals surface area contributed by atoms with E-state index >= 15 is 0 Å². The highest BCUT2D eigenvalue weighted by atomic mass is 32.2. The van der Waals surface area contributed by atoms with Gasteiger partial charge in [-0.1, -0.05) is 11.8 Å². The number of carbonyl (C=O) groups is 2. The van der Waals surface area contributed by atoms with Crippen LogP contribution in [0.3, 0.4) is 0 Å². The number of carboxylic acids is 1. The maximum atomic E-state index is 12.1. The summed E-state index contributed by atoms with van der Waals surface area (Å²) in [5, 5.41) is 9.27. The fraction of sp³-hybridized carbons (Fsp3) is 0.538. The maximum Gasteiger partial charge on any atom is 0.346 e. The zero-order chi connectivity index (χ0) is 15.6. The molecule has 1 saturated carbocycles. The number of aromatic nitrogens is 2. The lowest BCUT2D eigenvalue weighted by Crippen LogP contribution is -2.34. The number of nitrogens with one attached hydrogen (secondary N) is 1. The van der Waals surface area contributed by atoms with Crippen molar-refractivity contribution in [3.63, 3.8) is 0 Å². The van der Waals surface area contributed by atoms with Gasteiger partial charge in [0.15, 0.2) is 0 Å². The summed E-state index contributed by atoms with van der Waals surface area (Å²) in [4.78, 5) is 42.5. The summed E-state index contributed by atoms with van der Waals surface area (Å²) in [6, 6.07) is 0.316. The van der Waals surface area contributed by atoms with Gasteiger partial charge in [-0.05, 0) is 26.7 Å². The predicted octanol–water partition coefficient (Wildman–Crippen LogP) is 0.880. The second-order valence-electron chi connectivity index (χ2n) is 4.85. The molecule has 0 unspecified atom stereocenters. The molecule has 1 aliphatic rings. The summed E-state index contributed by atoms with van der Waals surface area (Å²) in [6.07, 6.45) is 2.04. The minimum atomic E-state index is -1.17. The van der Waals surface area contributed by atoms with Crippen molar-refractivity contribution in [1.82, 2.24) is 14.9 Å². The standard InChI is InChI=1S/C13H17N3O4S/c1-3-16(8-4-5-8)9(17)6-21-11-10(12(18)19)7(2)14-13(20)15-11/h8H,3-6H2,1-2H3,(H,18,19)(H,14,15,20). The largest absolute Gasteiger partial charge is 0.478 e. The van der Waals surface area contributed by atoms with E-state index in [0.29, 0.717) is 12.6 Å². The molecule has 0 aromatic carbocycles. The van der Waals surface area contributed by atoms with E-state index in [0.717, 1.165) is 24.6 Å². The number of amides is 1. The highest BCUT2D eigenvalue weighted by molar-refractivity contribution is 8.00. The molecule has 7 nitrogen and oxygen atoms in total. The van der Waals surface area contributed by atoms with Crippen LogP contribution in [-0.4, -0.2) is 50.2 Å². The molecule has 1 amide bonds. The summed E-state index contributed by atoms with van der Waals surface area (Å²) in [5.74, 6) is -1.14. The fourth-order valence-corrected chi connectivity index (χ4v) is 3.11. The highest BCUT2D eigenvalue weighted by Crippen LogP contribution is 2.28. The molecule has 1 aromatic heterocycles. The molecule has 1 aliphatic carbocycles. The summed E-state index contributed by atoms with van der Waals surface area (Å²) in [7, 11) is 0. The van der Waals surface area contributed by atoms with E-state index in [2.05, 4.69) is 9.97 Å². The van der Waals surface area contributed by atoms with Crippen molar-refractivity contribution in [2.45, 2.75) is 37.8 Å². The molecule has 0 radical (unpaired) electrons. The summed E-state index contributed by atoms with van der Waals surface area (Å²) >= 11 is 0.998. The molecule has 1 heterocycles. The molecule has 1 fully saturated rings. The summed E-state index contributed by atoms with van der Waals surface area (Å²) < 4.78 is 0. The number of hydrogen-bond donors (Lipinski definition) is 2. The first-order valence-electron chi connectivity index (χ1n) is 6.70. The first-order chi connectivity index (χ1) is 9.93. The Hall–Kier alpha value is -1.83. The maximum absolute atomic E-state index is 12.1. The number of nitrogens with zero attached hydrogens (tertiary/aromatic N) is 2. The van der Waals surface area contributed by atoms with Gasteiger partial charge in [-0.25, -0.2) is 9.59 Å². The third kappa shape index (κ3) is 3.63. The van der Waals surface area contributed by atoms with Crippen molar-refractivity contribution in [2.75, 3.05) is 12.3 Å². The van der Waals surface area contributed by atoms with E-state index in [4.69, 9.17) is 0 Å². The zero-order valence-corrected chi connectivity index (χ0v) is 12.7. The van der Waals surface area contributed by atoms with Crippen molar-refractivity contribution in [2.24, 2.45) is 0 Å². The number of aromatic amines is 1. The van der Waals surface area contributed by atoms with E-state index in [1.807, 2.05) is 6.92 Å². The van der Waals surface area contributed by atoms with E-state index < -0.39 is 11.7 Å². The lowest BCUT2D eigenvalue weighted by atomic mass is 10.2. The number of rotatable bonds is 6. The summed E-state index contributed by atoms with van der Waals surface area (Å²) in [5.41, 5.74) is -0.421. The molecule has 0 aliphatic heterocycles. The molecule has 21 heavy (non-hydrogen) atoms. The normalized spacial score (nSPS) is 14.0. The van der Waals surface area contributed by atoms with Crippen molar-refractivity contribution in [3.05, 3.63) is 21.7 Å². The van der Waals surface area contributed by atoms with Crippen molar-refractivity contribution >= 4 is 23.6 Å². The Labute approximate surface area is 125 Å². The van der Waals surface area contributed by atoms with Crippen LogP contribution in [0.5, 0.6) is 0 Å². The van der Waals surface area contributed by atoms with Gasteiger partial charge in [0, 0.05) is 18.3 Å². The molecule has 0 atom stereocenters. The van der Waals surface area contributed by atoms with Crippen LogP contribution in [0.25, 0.3) is 0 Å². The molecule has 0 bridgehead atoms. The second-order valence-corrected chi connectivity index (χ2v) is 5.82. The minimum absolute atomic E-state index is 0.0538.